The molecule has 0 fully saturated rings. The molecule has 0 amide bonds. The molecule has 2 aromatic heterocycles. The first-order chi connectivity index (χ1) is 6.27. The Labute approximate surface area is 80.1 Å². The number of thiophene rings is 1. The zero-order chi connectivity index (χ0) is 9.26. The number of hydrogen-bond acceptors (Lipinski definition) is 3. The molecular weight excluding hydrogens is 183 g/mol. The van der Waals surface area contributed by atoms with Crippen molar-refractivity contribution in [1.29, 1.82) is 0 Å². The van der Waals surface area contributed by atoms with Crippen LogP contribution < -0.4 is 10.3 Å². The van der Waals surface area contributed by atoms with Gasteiger partial charge in [0, 0.05) is 12.3 Å². The molecule has 0 atom stereocenters. The standard InChI is InChI=1S/C8H5BN2OS/c9-6-3-4-8(13-6)11-7(12)2-1-5-10-11/h1-5H. The molecule has 2 aromatic rings. The van der Waals surface area contributed by atoms with Crippen molar-refractivity contribution < 1.29 is 0 Å². The van der Waals surface area contributed by atoms with Crippen molar-refractivity contribution >= 4 is 24.0 Å². The van der Waals surface area contributed by atoms with Crippen LogP contribution in [0.5, 0.6) is 0 Å². The summed E-state index contributed by atoms with van der Waals surface area (Å²) in [5, 5.41) is 4.66. The Morgan fingerprint density at radius 1 is 1.38 bits per heavy atom. The second-order valence-corrected chi connectivity index (χ2v) is 3.54. The first kappa shape index (κ1) is 8.25. The number of hydrogen-bond donors (Lipinski definition) is 0. The first-order valence-electron chi connectivity index (χ1n) is 3.67. The molecule has 2 heterocycles. The van der Waals surface area contributed by atoms with E-state index in [0.29, 0.717) is 4.78 Å². The summed E-state index contributed by atoms with van der Waals surface area (Å²) in [4.78, 5) is 11.3. The fraction of sp³-hybridized carbons (Fsp3) is 0. The van der Waals surface area contributed by atoms with E-state index >= 15 is 0 Å². The van der Waals surface area contributed by atoms with E-state index in [4.69, 9.17) is 7.85 Å². The van der Waals surface area contributed by atoms with Crippen molar-refractivity contribution in [2.24, 2.45) is 0 Å². The zero-order valence-electron chi connectivity index (χ0n) is 6.68. The van der Waals surface area contributed by atoms with E-state index in [0.717, 1.165) is 5.00 Å². The highest BCUT2D eigenvalue weighted by Gasteiger charge is 2.00. The van der Waals surface area contributed by atoms with Gasteiger partial charge in [0.15, 0.2) is 0 Å². The van der Waals surface area contributed by atoms with Gasteiger partial charge in [-0.15, -0.1) is 11.3 Å². The fourth-order valence-electron chi connectivity index (χ4n) is 0.980. The van der Waals surface area contributed by atoms with Crippen LogP contribution in [-0.2, 0) is 0 Å². The second kappa shape index (κ2) is 3.18. The molecule has 0 aliphatic heterocycles. The maximum atomic E-state index is 11.3. The zero-order valence-corrected chi connectivity index (χ0v) is 7.49. The monoisotopic (exact) mass is 188 g/mol. The lowest BCUT2D eigenvalue weighted by Crippen LogP contribution is -2.17. The minimum absolute atomic E-state index is 0.149. The third-order valence-electron chi connectivity index (χ3n) is 1.54. The van der Waals surface area contributed by atoms with Crippen LogP contribution in [0.15, 0.2) is 35.3 Å². The van der Waals surface area contributed by atoms with Gasteiger partial charge in [0.2, 0.25) is 0 Å². The van der Waals surface area contributed by atoms with Crippen LogP contribution >= 0.6 is 11.3 Å². The largest absolute Gasteiger partial charge is 0.272 e. The maximum Gasteiger partial charge on any atom is 0.272 e. The number of rotatable bonds is 1. The Bertz CT molecular complexity index is 477. The van der Waals surface area contributed by atoms with E-state index in [9.17, 15) is 4.79 Å². The lowest BCUT2D eigenvalue weighted by molar-refractivity contribution is 0.820. The van der Waals surface area contributed by atoms with Crippen LogP contribution in [0.1, 0.15) is 0 Å². The molecule has 3 nitrogen and oxygen atoms in total. The molecule has 5 heteroatoms. The van der Waals surface area contributed by atoms with Gasteiger partial charge < -0.3 is 0 Å². The molecule has 2 rings (SSSR count). The van der Waals surface area contributed by atoms with Crippen molar-refractivity contribution in [3.63, 3.8) is 0 Å². The lowest BCUT2D eigenvalue weighted by atomic mass is 10.1. The molecule has 0 spiro atoms. The van der Waals surface area contributed by atoms with Gasteiger partial charge >= 0.3 is 0 Å². The molecule has 13 heavy (non-hydrogen) atoms. The van der Waals surface area contributed by atoms with Gasteiger partial charge in [-0.05, 0) is 16.9 Å². The molecule has 0 aromatic carbocycles. The smallest absolute Gasteiger partial charge is 0.267 e. The van der Waals surface area contributed by atoms with Crippen molar-refractivity contribution in [1.82, 2.24) is 9.78 Å². The first-order valence-corrected chi connectivity index (χ1v) is 4.49. The van der Waals surface area contributed by atoms with Gasteiger partial charge in [-0.3, -0.25) is 4.79 Å². The Kier molecular flexibility index (Phi) is 2.02. The molecule has 0 unspecified atom stereocenters. The third-order valence-corrected chi connectivity index (χ3v) is 2.43. The van der Waals surface area contributed by atoms with Gasteiger partial charge in [0.1, 0.15) is 12.8 Å². The van der Waals surface area contributed by atoms with Gasteiger partial charge in [-0.2, -0.15) is 9.78 Å². The summed E-state index contributed by atoms with van der Waals surface area (Å²) >= 11 is 1.33. The van der Waals surface area contributed by atoms with E-state index in [-0.39, 0.29) is 5.56 Å². The predicted molar refractivity (Wildman–Crippen MR) is 53.1 cm³/mol. The van der Waals surface area contributed by atoms with Crippen LogP contribution in [0.25, 0.3) is 5.00 Å². The molecule has 0 bridgehead atoms. The van der Waals surface area contributed by atoms with Crippen LogP contribution in [-0.4, -0.2) is 17.6 Å². The summed E-state index contributed by atoms with van der Waals surface area (Å²) in [7, 11) is 5.54. The molecule has 0 aliphatic rings. The lowest BCUT2D eigenvalue weighted by Gasteiger charge is -1.97. The van der Waals surface area contributed by atoms with Crippen LogP contribution in [0, 0.1) is 0 Å². The Morgan fingerprint density at radius 2 is 2.23 bits per heavy atom. The molecule has 0 N–H and O–H groups in total. The topological polar surface area (TPSA) is 34.9 Å². The van der Waals surface area contributed by atoms with E-state index in [2.05, 4.69) is 5.10 Å². The number of nitrogens with zero attached hydrogens (tertiary/aromatic N) is 2. The fourth-order valence-corrected chi connectivity index (χ4v) is 1.72. The van der Waals surface area contributed by atoms with Crippen LogP contribution in [0.3, 0.4) is 0 Å². The second-order valence-electron chi connectivity index (χ2n) is 2.45. The Hall–Kier alpha value is -1.36. The summed E-state index contributed by atoms with van der Waals surface area (Å²) in [6, 6.07) is 6.59. The highest BCUT2D eigenvalue weighted by molar-refractivity contribution is 7.22. The van der Waals surface area contributed by atoms with Crippen molar-refractivity contribution in [3.8, 4) is 5.00 Å². The molecule has 62 valence electrons. The third kappa shape index (κ3) is 1.55. The quantitative estimate of drug-likeness (QED) is 0.594. The summed E-state index contributed by atoms with van der Waals surface area (Å²) in [6.45, 7) is 0. The highest BCUT2D eigenvalue weighted by atomic mass is 32.1. The Morgan fingerprint density at radius 3 is 2.85 bits per heavy atom. The predicted octanol–water partition coefficient (Wildman–Crippen LogP) is 0.0878. The minimum atomic E-state index is -0.149. The molecular formula is C8H5BN2OS. The Balaban J connectivity index is 2.59. The summed E-state index contributed by atoms with van der Waals surface area (Å²) in [5.41, 5.74) is -0.149. The van der Waals surface area contributed by atoms with E-state index < -0.39 is 0 Å². The van der Waals surface area contributed by atoms with Crippen molar-refractivity contribution in [3.05, 3.63) is 40.8 Å². The van der Waals surface area contributed by atoms with Crippen LogP contribution in [0.4, 0.5) is 0 Å². The van der Waals surface area contributed by atoms with Gasteiger partial charge in [0.05, 0.1) is 0 Å². The summed E-state index contributed by atoms with van der Waals surface area (Å²) in [6.07, 6.45) is 1.57. The maximum absolute atomic E-state index is 11.3. The molecule has 2 radical (unpaired) electrons. The van der Waals surface area contributed by atoms with E-state index in [1.54, 1.807) is 24.4 Å². The van der Waals surface area contributed by atoms with Gasteiger partial charge in [-0.1, -0.05) is 6.07 Å². The summed E-state index contributed by atoms with van der Waals surface area (Å²) in [5.74, 6) is 0. The average molecular weight is 188 g/mol. The number of aromatic nitrogens is 2. The average Bonchev–Trinajstić information content (AvgIpc) is 2.53. The normalized spacial score (nSPS) is 10.2. The van der Waals surface area contributed by atoms with E-state index in [1.807, 2.05) is 0 Å². The van der Waals surface area contributed by atoms with Gasteiger partial charge in [0.25, 0.3) is 5.56 Å². The van der Waals surface area contributed by atoms with E-state index in [1.165, 1.54) is 22.1 Å². The molecule has 0 aliphatic carbocycles. The molecule has 0 saturated carbocycles. The van der Waals surface area contributed by atoms with Crippen molar-refractivity contribution in [2.45, 2.75) is 0 Å². The van der Waals surface area contributed by atoms with Crippen LogP contribution in [0.2, 0.25) is 0 Å². The van der Waals surface area contributed by atoms with Crippen molar-refractivity contribution in [2.75, 3.05) is 0 Å². The summed E-state index contributed by atoms with van der Waals surface area (Å²) < 4.78 is 1.99. The molecule has 0 saturated heterocycles. The highest BCUT2D eigenvalue weighted by Crippen LogP contribution is 2.07. The minimum Gasteiger partial charge on any atom is -0.267 e. The van der Waals surface area contributed by atoms with Gasteiger partial charge in [-0.25, -0.2) is 0 Å². The SMILES string of the molecule is [B]c1ccc(-n2ncccc2=O)s1.